The van der Waals surface area contributed by atoms with E-state index >= 15 is 0 Å². The van der Waals surface area contributed by atoms with Gasteiger partial charge in [-0.1, -0.05) is 6.07 Å². The molecular formula is C13H19F3N2O. The number of likely N-dealkylation sites (N-methyl/N-ethyl adjacent to an activating group) is 1. The number of alkyl halides is 3. The van der Waals surface area contributed by atoms with E-state index in [9.17, 15) is 13.2 Å². The molecule has 1 N–H and O–H groups in total. The van der Waals surface area contributed by atoms with E-state index < -0.39 is 11.7 Å². The van der Waals surface area contributed by atoms with Gasteiger partial charge in [0.15, 0.2) is 0 Å². The van der Waals surface area contributed by atoms with Gasteiger partial charge in [0.2, 0.25) is 0 Å². The maximum atomic E-state index is 13.0. The normalized spacial score (nSPS) is 11.7. The number of benzene rings is 1. The van der Waals surface area contributed by atoms with E-state index in [4.69, 9.17) is 4.74 Å². The second-order valence-corrected chi connectivity index (χ2v) is 4.28. The van der Waals surface area contributed by atoms with Crippen molar-refractivity contribution < 1.29 is 17.9 Å². The average Bonchev–Trinajstić information content (AvgIpc) is 2.35. The lowest BCUT2D eigenvalue weighted by atomic mass is 10.1. The highest BCUT2D eigenvalue weighted by molar-refractivity contribution is 5.51. The molecule has 19 heavy (non-hydrogen) atoms. The van der Waals surface area contributed by atoms with Crippen LogP contribution in [0.3, 0.4) is 0 Å². The van der Waals surface area contributed by atoms with Crippen molar-refractivity contribution in [1.29, 1.82) is 0 Å². The van der Waals surface area contributed by atoms with E-state index in [0.717, 1.165) is 0 Å². The minimum atomic E-state index is -4.34. The SMILES string of the molecule is CNCc1ccc(N(C)CCOC)cc1C(F)(F)F. The Morgan fingerprint density at radius 1 is 1.32 bits per heavy atom. The third-order valence-corrected chi connectivity index (χ3v) is 2.84. The van der Waals surface area contributed by atoms with Crippen LogP contribution in [-0.2, 0) is 17.5 Å². The number of hydrogen-bond donors (Lipinski definition) is 1. The Bertz CT molecular complexity index is 407. The molecule has 0 aliphatic carbocycles. The number of nitrogens with zero attached hydrogens (tertiary/aromatic N) is 1. The van der Waals surface area contributed by atoms with Crippen LogP contribution in [0.2, 0.25) is 0 Å². The lowest BCUT2D eigenvalue weighted by Crippen LogP contribution is -2.23. The minimum Gasteiger partial charge on any atom is -0.383 e. The first-order chi connectivity index (χ1) is 8.90. The third kappa shape index (κ3) is 4.40. The molecule has 0 aromatic heterocycles. The molecule has 0 amide bonds. The lowest BCUT2D eigenvalue weighted by molar-refractivity contribution is -0.138. The van der Waals surface area contributed by atoms with Crippen molar-refractivity contribution in [3.63, 3.8) is 0 Å². The van der Waals surface area contributed by atoms with Crippen molar-refractivity contribution in [3.05, 3.63) is 29.3 Å². The maximum Gasteiger partial charge on any atom is 0.416 e. The molecule has 0 heterocycles. The third-order valence-electron chi connectivity index (χ3n) is 2.84. The van der Waals surface area contributed by atoms with Gasteiger partial charge in [0.25, 0.3) is 0 Å². The van der Waals surface area contributed by atoms with Gasteiger partial charge >= 0.3 is 6.18 Å². The van der Waals surface area contributed by atoms with E-state index in [2.05, 4.69) is 5.32 Å². The second kappa shape index (κ2) is 6.77. The Morgan fingerprint density at radius 2 is 2.00 bits per heavy atom. The van der Waals surface area contributed by atoms with Crippen LogP contribution in [0, 0.1) is 0 Å². The van der Waals surface area contributed by atoms with Gasteiger partial charge in [-0.3, -0.25) is 0 Å². The monoisotopic (exact) mass is 276 g/mol. The molecule has 0 fully saturated rings. The summed E-state index contributed by atoms with van der Waals surface area (Å²) in [6.45, 7) is 1.20. The van der Waals surface area contributed by atoms with Crippen LogP contribution in [0.1, 0.15) is 11.1 Å². The number of rotatable bonds is 6. The highest BCUT2D eigenvalue weighted by Gasteiger charge is 2.33. The smallest absolute Gasteiger partial charge is 0.383 e. The van der Waals surface area contributed by atoms with Crippen molar-refractivity contribution >= 4 is 5.69 Å². The number of halogens is 3. The van der Waals surface area contributed by atoms with Crippen molar-refractivity contribution in [2.75, 3.05) is 39.3 Å². The van der Waals surface area contributed by atoms with E-state index in [-0.39, 0.29) is 12.1 Å². The molecule has 0 saturated heterocycles. The van der Waals surface area contributed by atoms with Gasteiger partial charge in [-0.05, 0) is 24.7 Å². The average molecular weight is 276 g/mol. The molecule has 6 heteroatoms. The molecule has 3 nitrogen and oxygen atoms in total. The predicted octanol–water partition coefficient (Wildman–Crippen LogP) is 2.51. The summed E-state index contributed by atoms with van der Waals surface area (Å²) in [7, 11) is 4.93. The molecule has 0 unspecified atom stereocenters. The van der Waals surface area contributed by atoms with E-state index in [0.29, 0.717) is 18.8 Å². The van der Waals surface area contributed by atoms with Crippen molar-refractivity contribution in [2.24, 2.45) is 0 Å². The molecule has 0 spiro atoms. The van der Waals surface area contributed by atoms with Crippen molar-refractivity contribution in [3.8, 4) is 0 Å². The van der Waals surface area contributed by atoms with E-state index in [1.165, 1.54) is 12.1 Å². The summed E-state index contributed by atoms with van der Waals surface area (Å²) >= 11 is 0. The number of anilines is 1. The molecule has 0 aliphatic heterocycles. The van der Waals surface area contributed by atoms with Crippen molar-refractivity contribution in [1.82, 2.24) is 5.32 Å². The predicted molar refractivity (Wildman–Crippen MR) is 69.4 cm³/mol. The zero-order valence-electron chi connectivity index (χ0n) is 11.3. The largest absolute Gasteiger partial charge is 0.416 e. The van der Waals surface area contributed by atoms with Crippen LogP contribution in [0.15, 0.2) is 18.2 Å². The Morgan fingerprint density at radius 3 is 2.53 bits per heavy atom. The van der Waals surface area contributed by atoms with Crippen LogP contribution in [0.25, 0.3) is 0 Å². The van der Waals surface area contributed by atoms with Gasteiger partial charge in [-0.2, -0.15) is 13.2 Å². The van der Waals surface area contributed by atoms with Crippen LogP contribution in [-0.4, -0.2) is 34.4 Å². The minimum absolute atomic E-state index is 0.191. The summed E-state index contributed by atoms with van der Waals surface area (Å²) in [6, 6.07) is 4.39. The summed E-state index contributed by atoms with van der Waals surface area (Å²) in [5.74, 6) is 0. The second-order valence-electron chi connectivity index (χ2n) is 4.28. The summed E-state index contributed by atoms with van der Waals surface area (Å²) in [6.07, 6.45) is -4.34. The fraction of sp³-hybridized carbons (Fsp3) is 0.538. The topological polar surface area (TPSA) is 24.5 Å². The quantitative estimate of drug-likeness (QED) is 0.864. The van der Waals surface area contributed by atoms with Gasteiger partial charge in [0.05, 0.1) is 12.2 Å². The summed E-state index contributed by atoms with van der Waals surface area (Å²) in [5.41, 5.74) is 0.187. The molecule has 1 aromatic rings. The first kappa shape index (κ1) is 15.8. The van der Waals surface area contributed by atoms with Gasteiger partial charge in [0, 0.05) is 32.9 Å². The first-order valence-electron chi connectivity index (χ1n) is 5.95. The Balaban J connectivity index is 3.04. The zero-order chi connectivity index (χ0) is 14.5. The van der Waals surface area contributed by atoms with Gasteiger partial charge in [-0.25, -0.2) is 0 Å². The molecule has 0 radical (unpaired) electrons. The Hall–Kier alpha value is -1.27. The lowest BCUT2D eigenvalue weighted by Gasteiger charge is -2.21. The summed E-state index contributed by atoms with van der Waals surface area (Å²) < 4.78 is 43.9. The molecule has 108 valence electrons. The van der Waals surface area contributed by atoms with E-state index in [1.54, 1.807) is 32.2 Å². The van der Waals surface area contributed by atoms with Crippen LogP contribution in [0.4, 0.5) is 18.9 Å². The van der Waals surface area contributed by atoms with Crippen LogP contribution in [0.5, 0.6) is 0 Å². The molecule has 1 aromatic carbocycles. The zero-order valence-corrected chi connectivity index (χ0v) is 11.3. The molecule has 0 atom stereocenters. The van der Waals surface area contributed by atoms with Crippen LogP contribution < -0.4 is 10.2 Å². The molecule has 0 saturated carbocycles. The Labute approximate surface area is 111 Å². The molecular weight excluding hydrogens is 257 g/mol. The van der Waals surface area contributed by atoms with Gasteiger partial charge < -0.3 is 15.0 Å². The van der Waals surface area contributed by atoms with Gasteiger partial charge in [0.1, 0.15) is 0 Å². The summed E-state index contributed by atoms with van der Waals surface area (Å²) in [5, 5.41) is 2.75. The standard InChI is InChI=1S/C13H19F3N2O/c1-17-9-10-4-5-11(18(2)6-7-19-3)8-12(10)13(14,15)16/h4-5,8,17H,6-7,9H2,1-3H3. The number of methoxy groups -OCH3 is 1. The van der Waals surface area contributed by atoms with Gasteiger partial charge in [-0.15, -0.1) is 0 Å². The fourth-order valence-electron chi connectivity index (χ4n) is 1.77. The highest BCUT2D eigenvalue weighted by atomic mass is 19.4. The first-order valence-corrected chi connectivity index (χ1v) is 5.95. The highest BCUT2D eigenvalue weighted by Crippen LogP contribution is 2.34. The Kier molecular flexibility index (Phi) is 5.62. The fourth-order valence-corrected chi connectivity index (χ4v) is 1.77. The number of ether oxygens (including phenoxy) is 1. The number of hydrogen-bond acceptors (Lipinski definition) is 3. The van der Waals surface area contributed by atoms with E-state index in [1.807, 2.05) is 0 Å². The molecule has 0 aliphatic rings. The maximum absolute atomic E-state index is 13.0. The van der Waals surface area contributed by atoms with Crippen molar-refractivity contribution in [2.45, 2.75) is 12.7 Å². The summed E-state index contributed by atoms with van der Waals surface area (Å²) in [4.78, 5) is 1.74. The molecule has 1 rings (SSSR count). The number of nitrogens with one attached hydrogen (secondary N) is 1. The molecule has 0 bridgehead atoms. The van der Waals surface area contributed by atoms with Crippen LogP contribution >= 0.6 is 0 Å².